The molecule has 330 valence electrons. The van der Waals surface area contributed by atoms with Gasteiger partial charge in [0.1, 0.15) is 0 Å². The molecule has 0 aromatic carbocycles. The van der Waals surface area contributed by atoms with Crippen LogP contribution in [0.4, 0.5) is 0 Å². The molecule has 0 bridgehead atoms. The van der Waals surface area contributed by atoms with E-state index in [0.29, 0.717) is 6.42 Å². The highest BCUT2D eigenvalue weighted by molar-refractivity contribution is 5.76. The number of aliphatic hydroxyl groups excluding tert-OH is 3. The lowest BCUT2D eigenvalue weighted by molar-refractivity contribution is -0.124. The summed E-state index contributed by atoms with van der Waals surface area (Å²) in [6.07, 6.45) is 58.9. The fourth-order valence-corrected chi connectivity index (χ4v) is 7.61. The number of hydrogen-bond donors (Lipinski definition) is 4. The number of unbranched alkanes of at least 4 members (excludes halogenated alkanes) is 32. The molecule has 0 aliphatic carbocycles. The molecule has 0 saturated carbocycles. The Bertz CT molecular complexity index is 870. The summed E-state index contributed by atoms with van der Waals surface area (Å²) >= 11 is 0. The number of aliphatic hydroxyl groups is 3. The van der Waals surface area contributed by atoms with Crippen molar-refractivity contribution in [3.05, 3.63) is 36.5 Å². The van der Waals surface area contributed by atoms with Gasteiger partial charge in [0, 0.05) is 0 Å². The van der Waals surface area contributed by atoms with Gasteiger partial charge in [-0.25, -0.2) is 0 Å². The number of carbonyl (C=O) groups excluding carboxylic acids is 1. The molecule has 0 aromatic heterocycles. The van der Waals surface area contributed by atoms with Crippen LogP contribution in [-0.4, -0.2) is 46.1 Å². The predicted octanol–water partition coefficient (Wildman–Crippen LogP) is 14.7. The molecule has 0 fully saturated rings. The summed E-state index contributed by atoms with van der Waals surface area (Å²) in [6, 6.07) is -0.741. The van der Waals surface area contributed by atoms with Crippen molar-refractivity contribution < 1.29 is 20.1 Å². The number of nitrogens with one attached hydrogen (secondary N) is 1. The maximum Gasteiger partial charge on any atom is 0.222 e. The topological polar surface area (TPSA) is 89.8 Å². The summed E-state index contributed by atoms with van der Waals surface area (Å²) in [5.74, 6) is -0.316. The first kappa shape index (κ1) is 54.6. The van der Waals surface area contributed by atoms with Crippen LogP contribution in [0.25, 0.3) is 0 Å². The highest BCUT2D eigenvalue weighted by atomic mass is 16.3. The minimum Gasteiger partial charge on any atom is -0.394 e. The molecule has 3 unspecified atom stereocenters. The summed E-state index contributed by atoms with van der Waals surface area (Å²) in [6.45, 7) is 4.20. The van der Waals surface area contributed by atoms with Crippen molar-refractivity contribution in [2.24, 2.45) is 0 Å². The molecule has 5 heteroatoms. The third-order valence-electron chi connectivity index (χ3n) is 11.4. The van der Waals surface area contributed by atoms with Gasteiger partial charge in [-0.2, -0.15) is 0 Å². The maximum atomic E-state index is 12.4. The summed E-state index contributed by atoms with van der Waals surface area (Å²) < 4.78 is 0. The van der Waals surface area contributed by atoms with Gasteiger partial charge in [0.25, 0.3) is 0 Å². The van der Waals surface area contributed by atoms with Crippen molar-refractivity contribution in [1.29, 1.82) is 0 Å². The van der Waals surface area contributed by atoms with Crippen LogP contribution < -0.4 is 5.32 Å². The Morgan fingerprint density at radius 3 is 1.18 bits per heavy atom. The van der Waals surface area contributed by atoms with Gasteiger partial charge >= 0.3 is 0 Å². The second kappa shape index (κ2) is 46.3. The molecule has 0 rings (SSSR count). The van der Waals surface area contributed by atoms with Crippen LogP contribution in [0.3, 0.4) is 0 Å². The van der Waals surface area contributed by atoms with Gasteiger partial charge in [0.05, 0.1) is 31.3 Å². The summed E-state index contributed by atoms with van der Waals surface area (Å²) in [5.41, 5.74) is 0. The van der Waals surface area contributed by atoms with E-state index < -0.39 is 18.2 Å². The standard InChI is InChI=1S/C51H97NO4/c1-3-5-7-9-11-13-15-16-17-18-19-20-21-22-23-24-25-26-27-28-29-30-31-32-33-34-35-36-38-40-42-44-48(54)46-51(56)52-49(47-53)50(55)45-43-41-39-37-14-12-10-8-6-4-2/h19-20,22-23,43,45,48-50,53-55H,3-18,21,24-42,44,46-47H2,1-2H3,(H,52,56)/b20-19-,23-22-,45-43+. The Kier molecular flexibility index (Phi) is 45.1. The van der Waals surface area contributed by atoms with Crippen molar-refractivity contribution in [2.75, 3.05) is 6.61 Å². The van der Waals surface area contributed by atoms with Crippen LogP contribution in [0.1, 0.15) is 258 Å². The highest BCUT2D eigenvalue weighted by Gasteiger charge is 2.20. The van der Waals surface area contributed by atoms with Crippen LogP contribution in [0, 0.1) is 0 Å². The van der Waals surface area contributed by atoms with E-state index in [1.165, 1.54) is 199 Å². The van der Waals surface area contributed by atoms with Crippen molar-refractivity contribution in [3.63, 3.8) is 0 Å². The number of allylic oxidation sites excluding steroid dienone is 5. The Balaban J connectivity index is 3.51. The third-order valence-corrected chi connectivity index (χ3v) is 11.4. The lowest BCUT2D eigenvalue weighted by Gasteiger charge is -2.21. The zero-order valence-electron chi connectivity index (χ0n) is 37.5. The molecule has 0 aliphatic heterocycles. The molecule has 0 heterocycles. The van der Waals surface area contributed by atoms with Gasteiger partial charge in [0.15, 0.2) is 0 Å². The molecule has 56 heavy (non-hydrogen) atoms. The molecule has 0 spiro atoms. The lowest BCUT2D eigenvalue weighted by Crippen LogP contribution is -2.45. The molecule has 4 N–H and O–H groups in total. The fraction of sp³-hybridized carbons (Fsp3) is 0.863. The Morgan fingerprint density at radius 2 is 0.804 bits per heavy atom. The van der Waals surface area contributed by atoms with E-state index >= 15 is 0 Å². The van der Waals surface area contributed by atoms with Crippen molar-refractivity contribution in [3.8, 4) is 0 Å². The Hall–Kier alpha value is -1.43. The number of rotatable bonds is 45. The first-order chi connectivity index (χ1) is 27.5. The SMILES string of the molecule is CCCCCCCCCC/C=C/C(O)C(CO)NC(=O)CC(O)CCCCCCCCCCCCCCCCC/C=C\C/C=C\CCCCCCCCCCC. The van der Waals surface area contributed by atoms with Crippen molar-refractivity contribution in [2.45, 2.75) is 276 Å². The normalized spacial score (nSPS) is 13.7. The first-order valence-corrected chi connectivity index (χ1v) is 24.8. The minimum absolute atomic E-state index is 0.0144. The Morgan fingerprint density at radius 1 is 0.464 bits per heavy atom. The molecule has 5 nitrogen and oxygen atoms in total. The van der Waals surface area contributed by atoms with Gasteiger partial charge in [-0.1, -0.05) is 237 Å². The predicted molar refractivity (Wildman–Crippen MR) is 245 cm³/mol. The molecule has 1 amide bonds. The van der Waals surface area contributed by atoms with E-state index in [4.69, 9.17) is 0 Å². The van der Waals surface area contributed by atoms with Crippen LogP contribution in [0.15, 0.2) is 36.5 Å². The molecule has 3 atom stereocenters. The monoisotopic (exact) mass is 788 g/mol. The van der Waals surface area contributed by atoms with Crippen LogP contribution in [-0.2, 0) is 4.79 Å². The molecule has 0 aromatic rings. The van der Waals surface area contributed by atoms with Crippen LogP contribution in [0.2, 0.25) is 0 Å². The van der Waals surface area contributed by atoms with Crippen molar-refractivity contribution >= 4 is 5.91 Å². The van der Waals surface area contributed by atoms with Gasteiger partial charge in [-0.05, 0) is 51.4 Å². The average molecular weight is 788 g/mol. The first-order valence-electron chi connectivity index (χ1n) is 24.8. The van der Waals surface area contributed by atoms with Crippen LogP contribution in [0.5, 0.6) is 0 Å². The average Bonchev–Trinajstić information content (AvgIpc) is 3.19. The molecule has 0 radical (unpaired) electrons. The minimum atomic E-state index is -0.926. The highest BCUT2D eigenvalue weighted by Crippen LogP contribution is 2.16. The van der Waals surface area contributed by atoms with Gasteiger partial charge < -0.3 is 20.6 Å². The number of carbonyl (C=O) groups is 1. The van der Waals surface area contributed by atoms with E-state index in [-0.39, 0.29) is 18.9 Å². The summed E-state index contributed by atoms with van der Waals surface area (Å²) in [5, 5.41) is 33.2. The van der Waals surface area contributed by atoms with E-state index in [0.717, 1.165) is 32.1 Å². The largest absolute Gasteiger partial charge is 0.394 e. The molecule has 0 saturated heterocycles. The number of hydrogen-bond acceptors (Lipinski definition) is 4. The quantitative estimate of drug-likeness (QED) is 0.0365. The lowest BCUT2D eigenvalue weighted by atomic mass is 10.0. The van der Waals surface area contributed by atoms with Crippen molar-refractivity contribution in [1.82, 2.24) is 5.32 Å². The zero-order valence-corrected chi connectivity index (χ0v) is 37.5. The van der Waals surface area contributed by atoms with Gasteiger partial charge in [0.2, 0.25) is 5.91 Å². The third kappa shape index (κ3) is 42.2. The molecular formula is C51H97NO4. The molecular weight excluding hydrogens is 691 g/mol. The van der Waals surface area contributed by atoms with E-state index in [2.05, 4.69) is 43.5 Å². The summed E-state index contributed by atoms with van der Waals surface area (Å²) in [7, 11) is 0. The van der Waals surface area contributed by atoms with E-state index in [9.17, 15) is 20.1 Å². The van der Waals surface area contributed by atoms with Gasteiger partial charge in [-0.3, -0.25) is 4.79 Å². The zero-order chi connectivity index (χ0) is 40.8. The summed E-state index contributed by atoms with van der Waals surface area (Å²) in [4.78, 5) is 12.4. The van der Waals surface area contributed by atoms with E-state index in [1.807, 2.05) is 6.08 Å². The molecule has 0 aliphatic rings. The maximum absolute atomic E-state index is 12.4. The van der Waals surface area contributed by atoms with E-state index in [1.54, 1.807) is 6.08 Å². The second-order valence-corrected chi connectivity index (χ2v) is 17.1. The fourth-order valence-electron chi connectivity index (χ4n) is 7.61. The van der Waals surface area contributed by atoms with Crippen LogP contribution >= 0.6 is 0 Å². The second-order valence-electron chi connectivity index (χ2n) is 17.1. The number of amides is 1. The smallest absolute Gasteiger partial charge is 0.222 e. The Labute approximate surface area is 349 Å². The van der Waals surface area contributed by atoms with Gasteiger partial charge in [-0.15, -0.1) is 0 Å².